The van der Waals surface area contributed by atoms with E-state index in [1.807, 2.05) is 0 Å². The van der Waals surface area contributed by atoms with Crippen molar-refractivity contribution in [2.45, 2.75) is 26.2 Å². The number of β-amino-alcohol motifs (C(OH)–C–C–N with tert-alkyl or cyclic N) is 1. The molecule has 3 rings (SSSR count). The van der Waals surface area contributed by atoms with E-state index in [1.165, 1.54) is 16.2 Å². The Morgan fingerprint density at radius 1 is 1.24 bits per heavy atom. The Balaban J connectivity index is 1.68. The van der Waals surface area contributed by atoms with Gasteiger partial charge in [0.05, 0.1) is 18.8 Å². The third-order valence-electron chi connectivity index (χ3n) is 4.70. The number of urea groups is 1. The summed E-state index contributed by atoms with van der Waals surface area (Å²) in [4.78, 5) is 30.0. The lowest BCUT2D eigenvalue weighted by molar-refractivity contribution is 0.0527. The van der Waals surface area contributed by atoms with E-state index >= 15 is 0 Å². The third-order valence-corrected chi connectivity index (χ3v) is 5.90. The average Bonchev–Trinajstić information content (AvgIpc) is 3.16. The van der Waals surface area contributed by atoms with Crippen molar-refractivity contribution in [1.29, 1.82) is 0 Å². The number of hydrogen-bond donors (Lipinski definition) is 2. The van der Waals surface area contributed by atoms with Crippen molar-refractivity contribution >= 4 is 28.3 Å². The minimum Gasteiger partial charge on any atom is -0.462 e. The van der Waals surface area contributed by atoms with Crippen molar-refractivity contribution in [3.05, 3.63) is 16.0 Å². The van der Waals surface area contributed by atoms with Gasteiger partial charge in [0.2, 0.25) is 0 Å². The molecule has 2 N–H and O–H groups in total. The monoisotopic (exact) mass is 367 g/mol. The van der Waals surface area contributed by atoms with Gasteiger partial charge in [-0.05, 0) is 31.7 Å². The number of hydrogen-bond acceptors (Lipinski definition) is 6. The van der Waals surface area contributed by atoms with Crippen LogP contribution in [-0.4, -0.2) is 72.8 Å². The number of aliphatic hydroxyl groups is 1. The van der Waals surface area contributed by atoms with Gasteiger partial charge in [0.15, 0.2) is 0 Å². The van der Waals surface area contributed by atoms with Crippen LogP contribution in [0.5, 0.6) is 0 Å². The first-order valence-electron chi connectivity index (χ1n) is 8.84. The molecule has 138 valence electrons. The Morgan fingerprint density at radius 3 is 2.68 bits per heavy atom. The standard InChI is InChI=1S/C17H25N3O4S/c1-2-24-16(22)14-12-4-3-5-13(12)25-15(14)18-17(23)20-8-6-19(7-9-20)10-11-21/h21H,2-11H2,1H3,(H,18,23). The van der Waals surface area contributed by atoms with Crippen molar-refractivity contribution in [3.8, 4) is 0 Å². The van der Waals surface area contributed by atoms with Crippen LogP contribution in [0.25, 0.3) is 0 Å². The summed E-state index contributed by atoms with van der Waals surface area (Å²) in [5, 5.41) is 12.5. The van der Waals surface area contributed by atoms with Crippen LogP contribution in [0, 0.1) is 0 Å². The molecular formula is C17H25N3O4S. The van der Waals surface area contributed by atoms with Gasteiger partial charge in [-0.3, -0.25) is 10.2 Å². The van der Waals surface area contributed by atoms with Crippen molar-refractivity contribution in [2.24, 2.45) is 0 Å². The largest absolute Gasteiger partial charge is 0.462 e. The van der Waals surface area contributed by atoms with E-state index in [2.05, 4.69) is 10.2 Å². The fourth-order valence-corrected chi connectivity index (χ4v) is 4.67. The second kappa shape index (κ2) is 8.16. The van der Waals surface area contributed by atoms with E-state index in [9.17, 15) is 9.59 Å². The number of amides is 2. The van der Waals surface area contributed by atoms with Gasteiger partial charge in [-0.1, -0.05) is 0 Å². The summed E-state index contributed by atoms with van der Waals surface area (Å²) in [7, 11) is 0. The van der Waals surface area contributed by atoms with E-state index < -0.39 is 0 Å². The van der Waals surface area contributed by atoms with Crippen LogP contribution >= 0.6 is 11.3 Å². The second-order valence-corrected chi connectivity index (χ2v) is 7.37. The predicted molar refractivity (Wildman–Crippen MR) is 96.4 cm³/mol. The number of thiophene rings is 1. The van der Waals surface area contributed by atoms with Crippen LogP contribution in [0.3, 0.4) is 0 Å². The lowest BCUT2D eigenvalue weighted by Gasteiger charge is -2.34. The fourth-order valence-electron chi connectivity index (χ4n) is 3.40. The SMILES string of the molecule is CCOC(=O)c1c(NC(=O)N2CCN(CCO)CC2)sc2c1CCC2. The number of rotatable bonds is 5. The number of carbonyl (C=O) groups is 2. The zero-order valence-electron chi connectivity index (χ0n) is 14.5. The number of fused-ring (bicyclic) bond motifs is 1. The number of esters is 1. The lowest BCUT2D eigenvalue weighted by Crippen LogP contribution is -2.50. The number of aryl methyl sites for hydroxylation is 1. The Labute approximate surface area is 151 Å². The van der Waals surface area contributed by atoms with E-state index in [1.54, 1.807) is 11.8 Å². The van der Waals surface area contributed by atoms with Gasteiger partial charge in [-0.25, -0.2) is 9.59 Å². The molecule has 0 aromatic carbocycles. The molecule has 7 nitrogen and oxygen atoms in total. The number of ether oxygens (including phenoxy) is 1. The van der Waals surface area contributed by atoms with Crippen LogP contribution in [0.4, 0.5) is 9.80 Å². The van der Waals surface area contributed by atoms with E-state index in [-0.39, 0.29) is 18.6 Å². The Kier molecular flexibility index (Phi) is 5.93. The summed E-state index contributed by atoms with van der Waals surface area (Å²) in [6.07, 6.45) is 2.88. The molecule has 2 aliphatic rings. The van der Waals surface area contributed by atoms with E-state index in [4.69, 9.17) is 9.84 Å². The van der Waals surface area contributed by atoms with Crippen LogP contribution in [0.1, 0.15) is 34.1 Å². The molecule has 0 radical (unpaired) electrons. The molecule has 0 saturated carbocycles. The normalized spacial score (nSPS) is 17.4. The first-order valence-corrected chi connectivity index (χ1v) is 9.66. The highest BCUT2D eigenvalue weighted by Gasteiger charge is 2.29. The molecule has 1 saturated heterocycles. The third kappa shape index (κ3) is 3.96. The molecule has 1 aromatic rings. The summed E-state index contributed by atoms with van der Waals surface area (Å²) in [6.45, 7) is 5.62. The van der Waals surface area contributed by atoms with E-state index in [0.717, 1.165) is 37.9 Å². The Morgan fingerprint density at radius 2 is 2.00 bits per heavy atom. The number of nitrogens with zero attached hydrogens (tertiary/aromatic N) is 2. The number of nitrogens with one attached hydrogen (secondary N) is 1. The molecule has 2 heterocycles. The fraction of sp³-hybridized carbons (Fsp3) is 0.647. The topological polar surface area (TPSA) is 82.1 Å². The van der Waals surface area contributed by atoms with Crippen molar-refractivity contribution in [2.75, 3.05) is 51.3 Å². The van der Waals surface area contributed by atoms with Crippen LogP contribution in [0.15, 0.2) is 0 Å². The van der Waals surface area contributed by atoms with Gasteiger partial charge in [0, 0.05) is 37.6 Å². The average molecular weight is 367 g/mol. The summed E-state index contributed by atoms with van der Waals surface area (Å²) in [5.41, 5.74) is 1.60. The highest BCUT2D eigenvalue weighted by molar-refractivity contribution is 7.17. The summed E-state index contributed by atoms with van der Waals surface area (Å²) >= 11 is 1.50. The van der Waals surface area contributed by atoms with E-state index in [0.29, 0.717) is 36.8 Å². The second-order valence-electron chi connectivity index (χ2n) is 6.26. The molecule has 25 heavy (non-hydrogen) atoms. The molecule has 0 spiro atoms. The number of carbonyl (C=O) groups excluding carboxylic acids is 2. The maximum Gasteiger partial charge on any atom is 0.341 e. The molecule has 0 atom stereocenters. The zero-order valence-corrected chi connectivity index (χ0v) is 15.4. The van der Waals surface area contributed by atoms with Crippen molar-refractivity contribution in [1.82, 2.24) is 9.80 Å². The van der Waals surface area contributed by atoms with Crippen molar-refractivity contribution < 1.29 is 19.4 Å². The Hall–Kier alpha value is -1.64. The van der Waals surface area contributed by atoms with Gasteiger partial charge < -0.3 is 14.7 Å². The van der Waals surface area contributed by atoms with Gasteiger partial charge in [0.1, 0.15) is 5.00 Å². The first-order chi connectivity index (χ1) is 12.1. The number of anilines is 1. The van der Waals surface area contributed by atoms with Gasteiger partial charge >= 0.3 is 12.0 Å². The van der Waals surface area contributed by atoms with Gasteiger partial charge in [0.25, 0.3) is 0 Å². The molecule has 1 aliphatic carbocycles. The molecule has 1 aliphatic heterocycles. The van der Waals surface area contributed by atoms with Crippen LogP contribution < -0.4 is 5.32 Å². The molecule has 0 bridgehead atoms. The molecule has 1 fully saturated rings. The van der Waals surface area contributed by atoms with Crippen LogP contribution in [-0.2, 0) is 17.6 Å². The highest BCUT2D eigenvalue weighted by atomic mass is 32.1. The molecular weight excluding hydrogens is 342 g/mol. The summed E-state index contributed by atoms with van der Waals surface area (Å²) < 4.78 is 5.19. The maximum absolute atomic E-state index is 12.6. The predicted octanol–water partition coefficient (Wildman–Crippen LogP) is 1.56. The smallest absolute Gasteiger partial charge is 0.341 e. The first kappa shape index (κ1) is 18.2. The summed E-state index contributed by atoms with van der Waals surface area (Å²) in [5.74, 6) is -0.343. The lowest BCUT2D eigenvalue weighted by atomic mass is 10.1. The summed E-state index contributed by atoms with van der Waals surface area (Å²) in [6, 6.07) is -0.172. The minimum atomic E-state index is -0.343. The Bertz CT molecular complexity index is 638. The number of piperazine rings is 1. The van der Waals surface area contributed by atoms with Gasteiger partial charge in [-0.2, -0.15) is 0 Å². The minimum absolute atomic E-state index is 0.135. The van der Waals surface area contributed by atoms with Crippen LogP contribution in [0.2, 0.25) is 0 Å². The van der Waals surface area contributed by atoms with Crippen molar-refractivity contribution in [3.63, 3.8) is 0 Å². The quantitative estimate of drug-likeness (QED) is 0.772. The van der Waals surface area contributed by atoms with Gasteiger partial charge in [-0.15, -0.1) is 11.3 Å². The zero-order chi connectivity index (χ0) is 17.8. The molecule has 0 unspecified atom stereocenters. The maximum atomic E-state index is 12.6. The highest BCUT2D eigenvalue weighted by Crippen LogP contribution is 2.39. The molecule has 2 amide bonds. The molecule has 1 aromatic heterocycles. The number of aliphatic hydroxyl groups excluding tert-OH is 1. The molecule has 8 heteroatoms.